The van der Waals surface area contributed by atoms with Crippen LogP contribution in [-0.2, 0) is 4.74 Å². The van der Waals surface area contributed by atoms with Gasteiger partial charge in [-0.15, -0.1) is 0 Å². The Balaban J connectivity index is 2.68. The number of aromatic nitrogens is 1. The van der Waals surface area contributed by atoms with Crippen LogP contribution in [0.2, 0.25) is 0 Å². The van der Waals surface area contributed by atoms with E-state index >= 15 is 0 Å². The summed E-state index contributed by atoms with van der Waals surface area (Å²) >= 11 is 0. The SMILES string of the molecule is COC(=O)c1c(F)c(N)cc(F)c1Oc1c(C)ccnc1C(C)C. The number of carbonyl (C=O) groups excluding carboxylic acids is 1. The zero-order valence-electron chi connectivity index (χ0n) is 13.8. The maximum atomic E-state index is 14.3. The van der Waals surface area contributed by atoms with E-state index < -0.39 is 34.6 Å². The zero-order chi connectivity index (χ0) is 18.0. The van der Waals surface area contributed by atoms with Gasteiger partial charge in [-0.25, -0.2) is 13.6 Å². The van der Waals surface area contributed by atoms with E-state index in [4.69, 9.17) is 10.5 Å². The molecule has 1 aromatic carbocycles. The highest BCUT2D eigenvalue weighted by Crippen LogP contribution is 2.37. The van der Waals surface area contributed by atoms with E-state index in [0.29, 0.717) is 11.3 Å². The van der Waals surface area contributed by atoms with E-state index in [2.05, 4.69) is 9.72 Å². The number of aryl methyl sites for hydroxylation is 1. The van der Waals surface area contributed by atoms with Crippen LogP contribution in [0.1, 0.15) is 41.4 Å². The lowest BCUT2D eigenvalue weighted by Gasteiger charge is -2.18. The lowest BCUT2D eigenvalue weighted by atomic mass is 10.1. The monoisotopic (exact) mass is 336 g/mol. The van der Waals surface area contributed by atoms with E-state index in [0.717, 1.165) is 13.2 Å². The Morgan fingerprint density at radius 1 is 1.29 bits per heavy atom. The molecule has 0 unspecified atom stereocenters. The van der Waals surface area contributed by atoms with Crippen molar-refractivity contribution in [1.82, 2.24) is 4.98 Å². The molecule has 0 saturated carbocycles. The molecule has 0 aliphatic heterocycles. The molecule has 0 aliphatic rings. The van der Waals surface area contributed by atoms with Gasteiger partial charge < -0.3 is 15.2 Å². The third kappa shape index (κ3) is 3.15. The van der Waals surface area contributed by atoms with Crippen LogP contribution in [0.3, 0.4) is 0 Å². The molecular weight excluding hydrogens is 318 g/mol. The van der Waals surface area contributed by atoms with Gasteiger partial charge in [0.15, 0.2) is 23.1 Å². The first-order valence-corrected chi connectivity index (χ1v) is 7.27. The molecule has 5 nitrogen and oxygen atoms in total. The summed E-state index contributed by atoms with van der Waals surface area (Å²) in [4.78, 5) is 16.1. The topological polar surface area (TPSA) is 74.4 Å². The predicted molar refractivity (Wildman–Crippen MR) is 85.2 cm³/mol. The number of pyridine rings is 1. The first-order chi connectivity index (χ1) is 11.3. The fourth-order valence-corrected chi connectivity index (χ4v) is 2.22. The molecule has 0 spiro atoms. The van der Waals surface area contributed by atoms with Crippen LogP contribution in [0.5, 0.6) is 11.5 Å². The highest BCUT2D eigenvalue weighted by molar-refractivity contribution is 5.94. The number of hydrogen-bond donors (Lipinski definition) is 1. The summed E-state index contributed by atoms with van der Waals surface area (Å²) in [7, 11) is 1.06. The molecule has 2 N–H and O–H groups in total. The second-order valence-corrected chi connectivity index (χ2v) is 5.56. The Morgan fingerprint density at radius 3 is 2.54 bits per heavy atom. The number of benzene rings is 1. The van der Waals surface area contributed by atoms with Crippen molar-refractivity contribution in [1.29, 1.82) is 0 Å². The minimum atomic E-state index is -1.09. The molecule has 2 rings (SSSR count). The highest BCUT2D eigenvalue weighted by Gasteiger charge is 2.27. The van der Waals surface area contributed by atoms with Crippen LogP contribution in [0, 0.1) is 18.6 Å². The van der Waals surface area contributed by atoms with Crippen LogP contribution in [-0.4, -0.2) is 18.1 Å². The highest BCUT2D eigenvalue weighted by atomic mass is 19.1. The fourth-order valence-electron chi connectivity index (χ4n) is 2.22. The third-order valence-electron chi connectivity index (χ3n) is 3.47. The minimum absolute atomic E-state index is 0.0248. The van der Waals surface area contributed by atoms with Crippen molar-refractivity contribution < 1.29 is 23.0 Å². The number of nitrogens with two attached hydrogens (primary N) is 1. The Kier molecular flexibility index (Phi) is 5.02. The molecule has 7 heteroatoms. The number of carbonyl (C=O) groups is 1. The van der Waals surface area contributed by atoms with Gasteiger partial charge in [0, 0.05) is 12.3 Å². The maximum Gasteiger partial charge on any atom is 0.344 e. The molecular formula is C17H18F2N2O3. The predicted octanol–water partition coefficient (Wildman–Crippen LogP) is 3.95. The molecule has 0 amide bonds. The Morgan fingerprint density at radius 2 is 1.96 bits per heavy atom. The van der Waals surface area contributed by atoms with Crippen LogP contribution in [0.25, 0.3) is 0 Å². The smallest absolute Gasteiger partial charge is 0.344 e. The normalized spacial score (nSPS) is 10.8. The van der Waals surface area contributed by atoms with Crippen molar-refractivity contribution in [2.75, 3.05) is 12.8 Å². The van der Waals surface area contributed by atoms with Gasteiger partial charge in [0.1, 0.15) is 5.56 Å². The summed E-state index contributed by atoms with van der Waals surface area (Å²) in [5.74, 6) is -3.48. The molecule has 0 bridgehead atoms. The number of nitrogen functional groups attached to an aromatic ring is 1. The summed E-state index contributed by atoms with van der Waals surface area (Å²) in [5, 5.41) is 0. The first-order valence-electron chi connectivity index (χ1n) is 7.27. The maximum absolute atomic E-state index is 14.3. The molecule has 24 heavy (non-hydrogen) atoms. The number of esters is 1. The van der Waals surface area contributed by atoms with Crippen molar-refractivity contribution >= 4 is 11.7 Å². The number of rotatable bonds is 4. The van der Waals surface area contributed by atoms with Crippen molar-refractivity contribution in [3.8, 4) is 11.5 Å². The van der Waals surface area contributed by atoms with E-state index in [-0.39, 0.29) is 11.7 Å². The Hall–Kier alpha value is -2.70. The summed E-state index contributed by atoms with van der Waals surface area (Å²) in [6, 6.07) is 2.43. The van der Waals surface area contributed by atoms with Crippen molar-refractivity contribution in [3.05, 3.63) is 46.8 Å². The summed E-state index contributed by atoms with van der Waals surface area (Å²) in [6.45, 7) is 5.51. The van der Waals surface area contributed by atoms with Crippen molar-refractivity contribution in [2.24, 2.45) is 0 Å². The van der Waals surface area contributed by atoms with Crippen LogP contribution in [0.4, 0.5) is 14.5 Å². The molecule has 0 atom stereocenters. The quantitative estimate of drug-likeness (QED) is 0.676. The van der Waals surface area contributed by atoms with Crippen molar-refractivity contribution in [2.45, 2.75) is 26.7 Å². The van der Waals surface area contributed by atoms with Crippen molar-refractivity contribution in [3.63, 3.8) is 0 Å². The zero-order valence-corrected chi connectivity index (χ0v) is 13.8. The number of anilines is 1. The standard InChI is InChI=1S/C17H18F2N2O3/c1-8(2)14-15(9(3)5-6-21-14)24-16-10(18)7-11(20)13(19)12(16)17(22)23-4/h5-8H,20H2,1-4H3. The van der Waals surface area contributed by atoms with Crippen LogP contribution >= 0.6 is 0 Å². The average molecular weight is 336 g/mol. The average Bonchev–Trinajstić information content (AvgIpc) is 2.53. The molecule has 0 fully saturated rings. The van der Waals surface area contributed by atoms with Gasteiger partial charge in [-0.3, -0.25) is 4.98 Å². The third-order valence-corrected chi connectivity index (χ3v) is 3.47. The van der Waals surface area contributed by atoms with Gasteiger partial charge in [0.2, 0.25) is 0 Å². The molecule has 1 aromatic heterocycles. The van der Waals surface area contributed by atoms with E-state index in [1.807, 2.05) is 13.8 Å². The fraction of sp³-hybridized carbons (Fsp3) is 0.294. The number of hydrogen-bond acceptors (Lipinski definition) is 5. The summed E-state index contributed by atoms with van der Waals surface area (Å²) in [6.07, 6.45) is 1.60. The van der Waals surface area contributed by atoms with Gasteiger partial charge in [-0.05, 0) is 24.5 Å². The van der Waals surface area contributed by atoms with Gasteiger partial charge in [0.25, 0.3) is 0 Å². The molecule has 0 aliphatic carbocycles. The molecule has 0 saturated heterocycles. The lowest BCUT2D eigenvalue weighted by molar-refractivity contribution is 0.0591. The number of ether oxygens (including phenoxy) is 2. The largest absolute Gasteiger partial charge is 0.465 e. The summed E-state index contributed by atoms with van der Waals surface area (Å²) in [5.41, 5.74) is 5.42. The molecule has 1 heterocycles. The van der Waals surface area contributed by atoms with E-state index in [1.165, 1.54) is 0 Å². The van der Waals surface area contributed by atoms with Gasteiger partial charge in [-0.1, -0.05) is 13.8 Å². The van der Waals surface area contributed by atoms with Gasteiger partial charge >= 0.3 is 5.97 Å². The van der Waals surface area contributed by atoms with E-state index in [1.54, 1.807) is 19.2 Å². The van der Waals surface area contributed by atoms with Gasteiger partial charge in [0.05, 0.1) is 18.5 Å². The Labute approximate surface area is 138 Å². The molecule has 0 radical (unpaired) electrons. The van der Waals surface area contributed by atoms with Crippen LogP contribution < -0.4 is 10.5 Å². The van der Waals surface area contributed by atoms with Crippen LogP contribution in [0.15, 0.2) is 18.3 Å². The second-order valence-electron chi connectivity index (χ2n) is 5.56. The minimum Gasteiger partial charge on any atom is -0.465 e. The van der Waals surface area contributed by atoms with Gasteiger partial charge in [-0.2, -0.15) is 0 Å². The lowest BCUT2D eigenvalue weighted by Crippen LogP contribution is -2.11. The molecule has 2 aromatic rings. The van der Waals surface area contributed by atoms with E-state index in [9.17, 15) is 13.6 Å². The Bertz CT molecular complexity index is 792. The number of nitrogens with zero attached hydrogens (tertiary/aromatic N) is 1. The summed E-state index contributed by atoms with van der Waals surface area (Å²) < 4.78 is 38.7. The second kappa shape index (κ2) is 6.82. The number of methoxy groups -OCH3 is 1. The molecule has 128 valence electrons. The first kappa shape index (κ1) is 17.7. The number of halogens is 2.